The van der Waals surface area contributed by atoms with Gasteiger partial charge in [0.05, 0.1) is 5.56 Å². The molecule has 3 nitrogen and oxygen atoms in total. The fraction of sp³-hybridized carbons (Fsp3) is 0.125. The minimum Gasteiger partial charge on any atom is -0.507 e. The van der Waals surface area contributed by atoms with Crippen molar-refractivity contribution in [1.82, 2.24) is 0 Å². The van der Waals surface area contributed by atoms with Crippen molar-refractivity contribution < 1.29 is 5.11 Å². The summed E-state index contributed by atoms with van der Waals surface area (Å²) in [4.78, 5) is 0. The molecule has 1 aromatic rings. The van der Waals surface area contributed by atoms with Crippen LogP contribution in [0, 0.1) is 18.3 Å². The van der Waals surface area contributed by atoms with Gasteiger partial charge in [0.1, 0.15) is 11.8 Å². The zero-order valence-corrected chi connectivity index (χ0v) is 6.13. The number of benzene rings is 1. The van der Waals surface area contributed by atoms with E-state index in [2.05, 4.69) is 0 Å². The molecule has 11 heavy (non-hydrogen) atoms. The highest BCUT2D eigenvalue weighted by Gasteiger charge is 2.02. The summed E-state index contributed by atoms with van der Waals surface area (Å²) >= 11 is 0. The van der Waals surface area contributed by atoms with Crippen LogP contribution in [0.5, 0.6) is 5.75 Å². The van der Waals surface area contributed by atoms with Crippen LogP contribution in [-0.2, 0) is 0 Å². The van der Waals surface area contributed by atoms with E-state index < -0.39 is 0 Å². The van der Waals surface area contributed by atoms with Gasteiger partial charge >= 0.3 is 0 Å². The Balaban J connectivity index is 3.35. The van der Waals surface area contributed by atoms with Crippen LogP contribution in [0.15, 0.2) is 12.1 Å². The number of nitrogens with two attached hydrogens (primary N) is 1. The van der Waals surface area contributed by atoms with E-state index in [9.17, 15) is 0 Å². The van der Waals surface area contributed by atoms with Gasteiger partial charge in [-0.3, -0.25) is 0 Å². The summed E-state index contributed by atoms with van der Waals surface area (Å²) in [6, 6.07) is 4.78. The van der Waals surface area contributed by atoms with Gasteiger partial charge in [0, 0.05) is 5.69 Å². The van der Waals surface area contributed by atoms with Crippen molar-refractivity contribution in [3.8, 4) is 11.8 Å². The number of nitriles is 1. The first-order valence-electron chi connectivity index (χ1n) is 3.14. The molecule has 0 unspecified atom stereocenters. The first-order valence-corrected chi connectivity index (χ1v) is 3.14. The monoisotopic (exact) mass is 148 g/mol. The molecule has 0 spiro atoms. The van der Waals surface area contributed by atoms with Gasteiger partial charge in [-0.2, -0.15) is 5.26 Å². The predicted molar refractivity (Wildman–Crippen MR) is 42.0 cm³/mol. The second-order valence-electron chi connectivity index (χ2n) is 2.34. The van der Waals surface area contributed by atoms with Crippen LogP contribution < -0.4 is 5.73 Å². The van der Waals surface area contributed by atoms with Crippen molar-refractivity contribution in [2.45, 2.75) is 6.92 Å². The summed E-state index contributed by atoms with van der Waals surface area (Å²) < 4.78 is 0. The molecular formula is C8H8N2O. The van der Waals surface area contributed by atoms with E-state index in [0.29, 0.717) is 5.69 Å². The highest BCUT2D eigenvalue weighted by atomic mass is 16.3. The minimum atomic E-state index is -0.0146. The Morgan fingerprint density at radius 2 is 2.18 bits per heavy atom. The first kappa shape index (κ1) is 7.42. The summed E-state index contributed by atoms with van der Waals surface area (Å²) in [5, 5.41) is 17.6. The highest BCUT2D eigenvalue weighted by molar-refractivity contribution is 5.57. The largest absolute Gasteiger partial charge is 0.507 e. The molecule has 0 aliphatic rings. The number of nitrogens with zero attached hydrogens (tertiary/aromatic N) is 1. The van der Waals surface area contributed by atoms with E-state index in [4.69, 9.17) is 16.1 Å². The Labute approximate surface area is 64.7 Å². The number of hydrogen-bond donors (Lipinski definition) is 2. The maximum Gasteiger partial charge on any atom is 0.133 e. The molecule has 0 atom stereocenters. The van der Waals surface area contributed by atoms with Crippen LogP contribution in [0.3, 0.4) is 0 Å². The molecule has 1 rings (SSSR count). The lowest BCUT2D eigenvalue weighted by Gasteiger charge is -2.01. The van der Waals surface area contributed by atoms with Gasteiger partial charge in [-0.1, -0.05) is 0 Å². The standard InChI is InChI=1S/C8H8N2O/c1-5-2-8(11)6(4-9)3-7(5)10/h2-3,11H,10H2,1H3. The second-order valence-corrected chi connectivity index (χ2v) is 2.34. The molecule has 0 saturated heterocycles. The Kier molecular flexibility index (Phi) is 1.69. The van der Waals surface area contributed by atoms with Gasteiger partial charge in [-0.15, -0.1) is 0 Å². The molecule has 3 heteroatoms. The molecule has 0 aromatic heterocycles. The maximum absolute atomic E-state index is 9.14. The topological polar surface area (TPSA) is 70.0 Å². The molecule has 0 aliphatic carbocycles. The lowest BCUT2D eigenvalue weighted by atomic mass is 10.1. The third kappa shape index (κ3) is 1.24. The number of hydrogen-bond acceptors (Lipinski definition) is 3. The number of rotatable bonds is 0. The number of aromatic hydroxyl groups is 1. The van der Waals surface area contributed by atoms with Gasteiger partial charge < -0.3 is 10.8 Å². The molecule has 1 aromatic carbocycles. The Morgan fingerprint density at radius 3 is 2.73 bits per heavy atom. The van der Waals surface area contributed by atoms with E-state index >= 15 is 0 Å². The van der Waals surface area contributed by atoms with E-state index in [1.54, 1.807) is 6.92 Å². The summed E-state index contributed by atoms with van der Waals surface area (Å²) in [7, 11) is 0. The molecule has 3 N–H and O–H groups in total. The van der Waals surface area contributed by atoms with Crippen molar-refractivity contribution in [3.63, 3.8) is 0 Å². The van der Waals surface area contributed by atoms with E-state index in [1.165, 1.54) is 12.1 Å². The van der Waals surface area contributed by atoms with Crippen molar-refractivity contribution in [3.05, 3.63) is 23.3 Å². The zero-order chi connectivity index (χ0) is 8.43. The maximum atomic E-state index is 9.14. The third-order valence-corrected chi connectivity index (χ3v) is 1.50. The predicted octanol–water partition coefficient (Wildman–Crippen LogP) is 1.15. The molecular weight excluding hydrogens is 140 g/mol. The number of aryl methyl sites for hydroxylation is 1. The van der Waals surface area contributed by atoms with E-state index in [-0.39, 0.29) is 11.3 Å². The quantitative estimate of drug-likeness (QED) is 0.428. The fourth-order valence-corrected chi connectivity index (χ4v) is 0.799. The van der Waals surface area contributed by atoms with Gasteiger partial charge in [-0.05, 0) is 24.6 Å². The van der Waals surface area contributed by atoms with Crippen LogP contribution in [0.25, 0.3) is 0 Å². The minimum absolute atomic E-state index is 0.0146. The number of phenols is 1. The van der Waals surface area contributed by atoms with Crippen molar-refractivity contribution in [2.75, 3.05) is 5.73 Å². The van der Waals surface area contributed by atoms with Crippen LogP contribution in [0.4, 0.5) is 5.69 Å². The second kappa shape index (κ2) is 2.51. The molecule has 0 fully saturated rings. The van der Waals surface area contributed by atoms with Crippen LogP contribution in [0.2, 0.25) is 0 Å². The van der Waals surface area contributed by atoms with Gasteiger partial charge in [0.25, 0.3) is 0 Å². The summed E-state index contributed by atoms with van der Waals surface area (Å²) in [6.45, 7) is 1.77. The highest BCUT2D eigenvalue weighted by Crippen LogP contribution is 2.22. The first-order chi connectivity index (χ1) is 5.15. The summed E-state index contributed by atoms with van der Waals surface area (Å²) in [5.41, 5.74) is 7.03. The average Bonchev–Trinajstić information content (AvgIpc) is 1.97. The number of nitrogen functional groups attached to an aromatic ring is 1. The number of anilines is 1. The third-order valence-electron chi connectivity index (χ3n) is 1.50. The van der Waals surface area contributed by atoms with Crippen molar-refractivity contribution >= 4 is 5.69 Å². The van der Waals surface area contributed by atoms with Crippen molar-refractivity contribution in [2.24, 2.45) is 0 Å². The Morgan fingerprint density at radius 1 is 1.55 bits per heavy atom. The summed E-state index contributed by atoms with van der Waals surface area (Å²) in [6.07, 6.45) is 0. The molecule has 0 heterocycles. The molecule has 0 aliphatic heterocycles. The Bertz CT molecular complexity index is 326. The molecule has 0 saturated carbocycles. The fourth-order valence-electron chi connectivity index (χ4n) is 0.799. The zero-order valence-electron chi connectivity index (χ0n) is 6.13. The normalized spacial score (nSPS) is 9.09. The van der Waals surface area contributed by atoms with Gasteiger partial charge in [0.15, 0.2) is 0 Å². The average molecular weight is 148 g/mol. The SMILES string of the molecule is Cc1cc(O)c(C#N)cc1N. The van der Waals surface area contributed by atoms with Crippen LogP contribution in [-0.4, -0.2) is 5.11 Å². The van der Waals surface area contributed by atoms with Crippen LogP contribution in [0.1, 0.15) is 11.1 Å². The lowest BCUT2D eigenvalue weighted by Crippen LogP contribution is -1.90. The van der Waals surface area contributed by atoms with Gasteiger partial charge in [0.2, 0.25) is 0 Å². The smallest absolute Gasteiger partial charge is 0.133 e. The molecule has 0 radical (unpaired) electrons. The van der Waals surface area contributed by atoms with Gasteiger partial charge in [-0.25, -0.2) is 0 Å². The van der Waals surface area contributed by atoms with E-state index in [0.717, 1.165) is 5.56 Å². The molecule has 0 bridgehead atoms. The molecule has 56 valence electrons. The van der Waals surface area contributed by atoms with E-state index in [1.807, 2.05) is 6.07 Å². The van der Waals surface area contributed by atoms with Crippen molar-refractivity contribution in [1.29, 1.82) is 5.26 Å². The molecule has 0 amide bonds. The Hall–Kier alpha value is -1.69. The number of phenolic OH excluding ortho intramolecular Hbond substituents is 1. The van der Waals surface area contributed by atoms with Crippen LogP contribution >= 0.6 is 0 Å². The summed E-state index contributed by atoms with van der Waals surface area (Å²) in [5.74, 6) is -0.0146. The lowest BCUT2D eigenvalue weighted by molar-refractivity contribution is 0.473.